The van der Waals surface area contributed by atoms with Gasteiger partial charge in [0, 0.05) is 12.1 Å². The number of aryl methyl sites for hydroxylation is 1. The third-order valence-corrected chi connectivity index (χ3v) is 5.48. The molecular formula is C23H22N2O4. The van der Waals surface area contributed by atoms with E-state index in [1.807, 2.05) is 53.4 Å². The lowest BCUT2D eigenvalue weighted by molar-refractivity contribution is 0.0728. The van der Waals surface area contributed by atoms with Crippen molar-refractivity contribution < 1.29 is 18.7 Å². The Bertz CT molecular complexity index is 1040. The zero-order valence-corrected chi connectivity index (χ0v) is 16.3. The van der Waals surface area contributed by atoms with Crippen molar-refractivity contribution in [3.63, 3.8) is 0 Å². The van der Waals surface area contributed by atoms with Gasteiger partial charge in [0.25, 0.3) is 5.91 Å². The molecule has 0 N–H and O–H groups in total. The van der Waals surface area contributed by atoms with Crippen LogP contribution in [0.1, 0.15) is 40.7 Å². The van der Waals surface area contributed by atoms with Gasteiger partial charge in [-0.2, -0.15) is 0 Å². The van der Waals surface area contributed by atoms with Crippen LogP contribution < -0.4 is 9.47 Å². The fraction of sp³-hybridized carbons (Fsp3) is 0.304. The van der Waals surface area contributed by atoms with Crippen LogP contribution in [0.2, 0.25) is 0 Å². The molecule has 5 rings (SSSR count). The molecule has 148 valence electrons. The van der Waals surface area contributed by atoms with E-state index in [0.29, 0.717) is 37.1 Å². The number of amides is 1. The first kappa shape index (κ1) is 17.8. The van der Waals surface area contributed by atoms with Crippen molar-refractivity contribution in [2.24, 2.45) is 0 Å². The van der Waals surface area contributed by atoms with Gasteiger partial charge in [-0.3, -0.25) is 4.79 Å². The minimum atomic E-state index is -0.0918. The molecule has 1 saturated heterocycles. The van der Waals surface area contributed by atoms with Crippen LogP contribution >= 0.6 is 0 Å². The zero-order valence-electron chi connectivity index (χ0n) is 16.3. The highest BCUT2D eigenvalue weighted by Crippen LogP contribution is 2.39. The quantitative estimate of drug-likeness (QED) is 0.663. The molecule has 2 aliphatic heterocycles. The molecule has 0 aliphatic carbocycles. The van der Waals surface area contributed by atoms with Gasteiger partial charge < -0.3 is 18.8 Å². The molecule has 2 aromatic carbocycles. The van der Waals surface area contributed by atoms with Crippen LogP contribution in [0.5, 0.6) is 11.5 Å². The number of fused-ring (bicyclic) bond motifs is 1. The molecule has 3 heterocycles. The summed E-state index contributed by atoms with van der Waals surface area (Å²) in [5, 5.41) is 0. The summed E-state index contributed by atoms with van der Waals surface area (Å²) in [4.78, 5) is 19.7. The van der Waals surface area contributed by atoms with Crippen LogP contribution in [0.4, 0.5) is 0 Å². The molecule has 6 nitrogen and oxygen atoms in total. The van der Waals surface area contributed by atoms with Gasteiger partial charge in [0.1, 0.15) is 19.0 Å². The number of aromatic nitrogens is 1. The molecule has 6 heteroatoms. The average Bonchev–Trinajstić information content (AvgIpc) is 3.41. The van der Waals surface area contributed by atoms with Crippen LogP contribution in [0.3, 0.4) is 0 Å². The predicted octanol–water partition coefficient (Wildman–Crippen LogP) is 4.40. The largest absolute Gasteiger partial charge is 0.486 e. The van der Waals surface area contributed by atoms with Gasteiger partial charge in [0.15, 0.2) is 17.2 Å². The van der Waals surface area contributed by atoms with Gasteiger partial charge in [-0.1, -0.05) is 24.3 Å². The highest BCUT2D eigenvalue weighted by atomic mass is 16.6. The lowest BCUT2D eigenvalue weighted by atomic mass is 10.0. The standard InChI is InChI=1S/C23H22N2O4/c1-15-21(24-22(29-15)16-6-3-2-4-7-16)23(26)25-11-5-8-18(25)17-9-10-19-20(14-17)28-13-12-27-19/h2-4,6-7,9-10,14,18H,5,8,11-13H2,1H3. The topological polar surface area (TPSA) is 64.8 Å². The number of carbonyl (C=O) groups is 1. The number of likely N-dealkylation sites (tertiary alicyclic amines) is 1. The smallest absolute Gasteiger partial charge is 0.276 e. The fourth-order valence-electron chi connectivity index (χ4n) is 4.06. The van der Waals surface area contributed by atoms with E-state index in [0.717, 1.165) is 35.5 Å². The summed E-state index contributed by atoms with van der Waals surface area (Å²) < 4.78 is 17.1. The van der Waals surface area contributed by atoms with Crippen molar-refractivity contribution in [2.45, 2.75) is 25.8 Å². The van der Waals surface area contributed by atoms with E-state index in [-0.39, 0.29) is 11.9 Å². The van der Waals surface area contributed by atoms with E-state index in [1.54, 1.807) is 6.92 Å². The van der Waals surface area contributed by atoms with E-state index in [9.17, 15) is 4.79 Å². The van der Waals surface area contributed by atoms with Crippen molar-refractivity contribution in [2.75, 3.05) is 19.8 Å². The SMILES string of the molecule is Cc1oc(-c2ccccc2)nc1C(=O)N1CCCC1c1ccc2c(c1)OCCO2. The van der Waals surface area contributed by atoms with Crippen LogP contribution in [0.25, 0.3) is 11.5 Å². The summed E-state index contributed by atoms with van der Waals surface area (Å²) in [6, 6.07) is 15.6. The van der Waals surface area contributed by atoms with Crippen molar-refractivity contribution in [1.29, 1.82) is 0 Å². The van der Waals surface area contributed by atoms with E-state index in [4.69, 9.17) is 13.9 Å². The molecular weight excluding hydrogens is 368 g/mol. The third kappa shape index (κ3) is 3.24. The summed E-state index contributed by atoms with van der Waals surface area (Å²) >= 11 is 0. The van der Waals surface area contributed by atoms with Gasteiger partial charge >= 0.3 is 0 Å². The molecule has 1 atom stereocenters. The summed E-state index contributed by atoms with van der Waals surface area (Å²) in [5.74, 6) is 2.43. The fourth-order valence-corrected chi connectivity index (χ4v) is 4.06. The van der Waals surface area contributed by atoms with E-state index < -0.39 is 0 Å². The summed E-state index contributed by atoms with van der Waals surface area (Å²) in [6.45, 7) is 3.60. The van der Waals surface area contributed by atoms with Crippen molar-refractivity contribution in [3.8, 4) is 23.0 Å². The summed E-state index contributed by atoms with van der Waals surface area (Å²) in [5.41, 5.74) is 2.30. The first-order valence-electron chi connectivity index (χ1n) is 9.94. The molecule has 0 radical (unpaired) electrons. The second kappa shape index (κ2) is 7.28. The third-order valence-electron chi connectivity index (χ3n) is 5.48. The maximum atomic E-state index is 13.3. The van der Waals surface area contributed by atoms with Gasteiger partial charge in [0.2, 0.25) is 5.89 Å². The van der Waals surface area contributed by atoms with Gasteiger partial charge in [-0.25, -0.2) is 4.98 Å². The lowest BCUT2D eigenvalue weighted by Crippen LogP contribution is -2.31. The highest BCUT2D eigenvalue weighted by molar-refractivity contribution is 5.94. The first-order chi connectivity index (χ1) is 14.2. The molecule has 1 aromatic heterocycles. The van der Waals surface area contributed by atoms with Crippen LogP contribution in [-0.4, -0.2) is 35.5 Å². The molecule has 1 amide bonds. The molecule has 29 heavy (non-hydrogen) atoms. The first-order valence-corrected chi connectivity index (χ1v) is 9.94. The second-order valence-corrected chi connectivity index (χ2v) is 7.35. The number of ether oxygens (including phenoxy) is 2. The Hall–Kier alpha value is -3.28. The van der Waals surface area contributed by atoms with E-state index in [2.05, 4.69) is 4.98 Å². The number of hydrogen-bond acceptors (Lipinski definition) is 5. The van der Waals surface area contributed by atoms with Crippen molar-refractivity contribution >= 4 is 5.91 Å². The molecule has 2 aliphatic rings. The molecule has 3 aromatic rings. The average molecular weight is 390 g/mol. The Kier molecular flexibility index (Phi) is 4.46. The number of carbonyl (C=O) groups excluding carboxylic acids is 1. The predicted molar refractivity (Wildman–Crippen MR) is 107 cm³/mol. The highest BCUT2D eigenvalue weighted by Gasteiger charge is 2.34. The second-order valence-electron chi connectivity index (χ2n) is 7.35. The Labute approximate surface area is 169 Å². The van der Waals surface area contributed by atoms with Crippen molar-refractivity contribution in [3.05, 3.63) is 65.5 Å². The van der Waals surface area contributed by atoms with E-state index >= 15 is 0 Å². The maximum Gasteiger partial charge on any atom is 0.276 e. The lowest BCUT2D eigenvalue weighted by Gasteiger charge is -2.26. The monoisotopic (exact) mass is 390 g/mol. The number of nitrogens with zero attached hydrogens (tertiary/aromatic N) is 2. The summed E-state index contributed by atoms with van der Waals surface area (Å²) in [6.07, 6.45) is 1.86. The van der Waals surface area contributed by atoms with Gasteiger partial charge in [0.05, 0.1) is 6.04 Å². The number of benzene rings is 2. The molecule has 0 saturated carbocycles. The minimum absolute atomic E-state index is 0.00500. The Morgan fingerprint density at radius 2 is 1.86 bits per heavy atom. The van der Waals surface area contributed by atoms with E-state index in [1.165, 1.54) is 0 Å². The Morgan fingerprint density at radius 3 is 2.69 bits per heavy atom. The number of rotatable bonds is 3. The molecule has 1 fully saturated rings. The van der Waals surface area contributed by atoms with Gasteiger partial charge in [-0.05, 0) is 49.6 Å². The number of oxazole rings is 1. The molecule has 0 bridgehead atoms. The van der Waals surface area contributed by atoms with Crippen LogP contribution in [0, 0.1) is 6.92 Å². The summed E-state index contributed by atoms with van der Waals surface area (Å²) in [7, 11) is 0. The number of hydrogen-bond donors (Lipinski definition) is 0. The zero-order chi connectivity index (χ0) is 19.8. The van der Waals surface area contributed by atoms with Crippen molar-refractivity contribution in [1.82, 2.24) is 9.88 Å². The minimum Gasteiger partial charge on any atom is -0.486 e. The molecule has 1 unspecified atom stereocenters. The normalized spacial score (nSPS) is 18.1. The van der Waals surface area contributed by atoms with Crippen LogP contribution in [0.15, 0.2) is 52.9 Å². The Balaban J connectivity index is 1.43. The van der Waals surface area contributed by atoms with Gasteiger partial charge in [-0.15, -0.1) is 0 Å². The molecule has 0 spiro atoms. The van der Waals surface area contributed by atoms with Crippen LogP contribution in [-0.2, 0) is 0 Å². The Morgan fingerprint density at radius 1 is 1.07 bits per heavy atom. The maximum absolute atomic E-state index is 13.3.